The van der Waals surface area contributed by atoms with Gasteiger partial charge in [0.1, 0.15) is 5.82 Å². The highest BCUT2D eigenvalue weighted by atomic mass is 15.0. The van der Waals surface area contributed by atoms with E-state index in [0.29, 0.717) is 0 Å². The Balaban J connectivity index is 2.49. The number of nitrogen functional groups attached to an aromatic ring is 1. The summed E-state index contributed by atoms with van der Waals surface area (Å²) in [5, 5.41) is 0. The summed E-state index contributed by atoms with van der Waals surface area (Å²) in [5.41, 5.74) is 8.51. The quantitative estimate of drug-likeness (QED) is 0.694. The Morgan fingerprint density at radius 1 is 1.36 bits per heavy atom. The van der Waals surface area contributed by atoms with Crippen LogP contribution in [0, 0.1) is 6.92 Å². The van der Waals surface area contributed by atoms with Gasteiger partial charge in [0.15, 0.2) is 0 Å². The molecule has 0 saturated carbocycles. The predicted molar refractivity (Wildman–Crippen MR) is 57.8 cm³/mol. The second-order valence-electron chi connectivity index (χ2n) is 3.41. The van der Waals surface area contributed by atoms with Crippen LogP contribution in [-0.2, 0) is 7.05 Å². The highest BCUT2D eigenvalue weighted by Crippen LogP contribution is 2.19. The normalized spacial score (nSPS) is 10.4. The van der Waals surface area contributed by atoms with Gasteiger partial charge in [-0.25, -0.2) is 4.98 Å². The first-order valence-electron chi connectivity index (χ1n) is 4.52. The van der Waals surface area contributed by atoms with E-state index in [9.17, 15) is 0 Å². The van der Waals surface area contributed by atoms with Gasteiger partial charge >= 0.3 is 0 Å². The van der Waals surface area contributed by atoms with Crippen molar-refractivity contribution in [2.24, 2.45) is 7.05 Å². The van der Waals surface area contributed by atoms with Crippen LogP contribution in [0.3, 0.4) is 0 Å². The van der Waals surface area contributed by atoms with Crippen LogP contribution in [-0.4, -0.2) is 9.55 Å². The van der Waals surface area contributed by atoms with Crippen LogP contribution in [0.25, 0.3) is 11.3 Å². The van der Waals surface area contributed by atoms with Crippen LogP contribution >= 0.6 is 0 Å². The Labute approximate surface area is 83.2 Å². The van der Waals surface area contributed by atoms with Gasteiger partial charge in [-0.15, -0.1) is 0 Å². The lowest BCUT2D eigenvalue weighted by Crippen LogP contribution is -1.86. The molecule has 0 saturated heterocycles. The standard InChI is InChI=1S/C11H13N3/c1-8-13-11(7-14(8)2)9-4-3-5-10(12)6-9/h3-7H,12H2,1-2H3. The van der Waals surface area contributed by atoms with E-state index >= 15 is 0 Å². The molecule has 0 aliphatic rings. The molecule has 0 atom stereocenters. The summed E-state index contributed by atoms with van der Waals surface area (Å²) in [6, 6.07) is 7.76. The Morgan fingerprint density at radius 2 is 2.14 bits per heavy atom. The van der Waals surface area contributed by atoms with E-state index in [4.69, 9.17) is 5.73 Å². The average molecular weight is 187 g/mol. The van der Waals surface area contributed by atoms with Gasteiger partial charge in [-0.05, 0) is 19.1 Å². The van der Waals surface area contributed by atoms with Crippen LogP contribution in [0.4, 0.5) is 5.69 Å². The van der Waals surface area contributed by atoms with Gasteiger partial charge in [0.2, 0.25) is 0 Å². The van der Waals surface area contributed by atoms with Crippen molar-refractivity contribution in [1.82, 2.24) is 9.55 Å². The molecular formula is C11H13N3. The number of nitrogens with zero attached hydrogens (tertiary/aromatic N) is 2. The van der Waals surface area contributed by atoms with E-state index in [2.05, 4.69) is 4.98 Å². The fourth-order valence-electron chi connectivity index (χ4n) is 1.40. The lowest BCUT2D eigenvalue weighted by Gasteiger charge is -1.97. The van der Waals surface area contributed by atoms with Gasteiger partial charge in [-0.1, -0.05) is 12.1 Å². The van der Waals surface area contributed by atoms with Gasteiger partial charge in [-0.3, -0.25) is 0 Å². The summed E-state index contributed by atoms with van der Waals surface area (Å²) in [6.45, 7) is 1.98. The Hall–Kier alpha value is -1.77. The summed E-state index contributed by atoms with van der Waals surface area (Å²) in [5.74, 6) is 1.00. The maximum Gasteiger partial charge on any atom is 0.105 e. The molecule has 14 heavy (non-hydrogen) atoms. The molecule has 0 amide bonds. The van der Waals surface area contributed by atoms with E-state index in [1.165, 1.54) is 0 Å². The summed E-state index contributed by atoms with van der Waals surface area (Å²) in [6.07, 6.45) is 2.00. The maximum atomic E-state index is 5.71. The molecule has 0 spiro atoms. The molecule has 2 rings (SSSR count). The van der Waals surface area contributed by atoms with Crippen LogP contribution < -0.4 is 5.73 Å². The number of imidazole rings is 1. The van der Waals surface area contributed by atoms with E-state index in [0.717, 1.165) is 22.8 Å². The van der Waals surface area contributed by atoms with Crippen LogP contribution in [0.15, 0.2) is 30.5 Å². The van der Waals surface area contributed by atoms with Gasteiger partial charge in [0.05, 0.1) is 5.69 Å². The summed E-state index contributed by atoms with van der Waals surface area (Å²) < 4.78 is 2.00. The molecule has 0 bridgehead atoms. The molecular weight excluding hydrogens is 174 g/mol. The van der Waals surface area contributed by atoms with E-state index in [1.807, 2.05) is 49.0 Å². The first-order chi connectivity index (χ1) is 6.66. The third-order valence-corrected chi connectivity index (χ3v) is 2.29. The van der Waals surface area contributed by atoms with Crippen molar-refractivity contribution in [3.63, 3.8) is 0 Å². The topological polar surface area (TPSA) is 43.8 Å². The molecule has 1 aromatic heterocycles. The monoisotopic (exact) mass is 187 g/mol. The highest BCUT2D eigenvalue weighted by Gasteiger charge is 2.03. The molecule has 0 fully saturated rings. The van der Waals surface area contributed by atoms with Crippen molar-refractivity contribution in [1.29, 1.82) is 0 Å². The SMILES string of the molecule is Cc1nc(-c2cccc(N)c2)cn1C. The molecule has 2 aromatic rings. The number of benzene rings is 1. The second kappa shape index (κ2) is 3.18. The molecule has 0 unspecified atom stereocenters. The number of hydrogen-bond donors (Lipinski definition) is 1. The van der Waals surface area contributed by atoms with Gasteiger partial charge in [0, 0.05) is 24.5 Å². The van der Waals surface area contributed by atoms with E-state index in [1.54, 1.807) is 0 Å². The number of aryl methyl sites for hydroxylation is 2. The highest BCUT2D eigenvalue weighted by molar-refractivity contribution is 5.63. The molecule has 0 aliphatic heterocycles. The minimum absolute atomic E-state index is 0.769. The smallest absolute Gasteiger partial charge is 0.105 e. The van der Waals surface area contributed by atoms with Crippen molar-refractivity contribution in [2.45, 2.75) is 6.92 Å². The third-order valence-electron chi connectivity index (χ3n) is 2.29. The number of aromatic nitrogens is 2. The van der Waals surface area contributed by atoms with Crippen molar-refractivity contribution in [3.8, 4) is 11.3 Å². The van der Waals surface area contributed by atoms with Crippen LogP contribution in [0.2, 0.25) is 0 Å². The second-order valence-corrected chi connectivity index (χ2v) is 3.41. The summed E-state index contributed by atoms with van der Waals surface area (Å²) in [7, 11) is 1.98. The van der Waals surface area contributed by atoms with Crippen LogP contribution in [0.1, 0.15) is 5.82 Å². The fraction of sp³-hybridized carbons (Fsp3) is 0.182. The van der Waals surface area contributed by atoms with E-state index < -0.39 is 0 Å². The summed E-state index contributed by atoms with van der Waals surface area (Å²) >= 11 is 0. The first kappa shape index (κ1) is 8.81. The predicted octanol–water partition coefficient (Wildman–Crippen LogP) is 1.98. The minimum Gasteiger partial charge on any atom is -0.399 e. The van der Waals surface area contributed by atoms with Crippen molar-refractivity contribution in [2.75, 3.05) is 5.73 Å². The molecule has 0 aliphatic carbocycles. The van der Waals surface area contributed by atoms with Crippen molar-refractivity contribution in [3.05, 3.63) is 36.3 Å². The van der Waals surface area contributed by atoms with E-state index in [-0.39, 0.29) is 0 Å². The van der Waals surface area contributed by atoms with Crippen molar-refractivity contribution < 1.29 is 0 Å². The Kier molecular flexibility index (Phi) is 2.00. The summed E-state index contributed by atoms with van der Waals surface area (Å²) in [4.78, 5) is 4.43. The third kappa shape index (κ3) is 1.48. The van der Waals surface area contributed by atoms with Gasteiger partial charge < -0.3 is 10.3 Å². The Morgan fingerprint density at radius 3 is 2.71 bits per heavy atom. The fourth-order valence-corrected chi connectivity index (χ4v) is 1.40. The molecule has 3 heteroatoms. The molecule has 1 heterocycles. The lowest BCUT2D eigenvalue weighted by atomic mass is 10.1. The van der Waals surface area contributed by atoms with Crippen molar-refractivity contribution >= 4 is 5.69 Å². The zero-order valence-corrected chi connectivity index (χ0v) is 8.36. The first-order valence-corrected chi connectivity index (χ1v) is 4.52. The molecule has 0 radical (unpaired) electrons. The average Bonchev–Trinajstić information content (AvgIpc) is 2.47. The maximum absolute atomic E-state index is 5.71. The van der Waals surface area contributed by atoms with Gasteiger partial charge in [-0.2, -0.15) is 0 Å². The molecule has 72 valence electrons. The number of nitrogens with two attached hydrogens (primary N) is 1. The number of anilines is 1. The number of rotatable bonds is 1. The van der Waals surface area contributed by atoms with Gasteiger partial charge in [0.25, 0.3) is 0 Å². The molecule has 2 N–H and O–H groups in total. The largest absolute Gasteiger partial charge is 0.399 e. The minimum atomic E-state index is 0.769. The molecule has 1 aromatic carbocycles. The zero-order chi connectivity index (χ0) is 10.1. The molecule has 3 nitrogen and oxygen atoms in total. The van der Waals surface area contributed by atoms with Crippen LogP contribution in [0.5, 0.6) is 0 Å². The zero-order valence-electron chi connectivity index (χ0n) is 8.36. The Bertz CT molecular complexity index is 438. The lowest BCUT2D eigenvalue weighted by molar-refractivity contribution is 0.858. The number of hydrogen-bond acceptors (Lipinski definition) is 2.